The lowest BCUT2D eigenvalue weighted by molar-refractivity contribution is 0.0570. The van der Waals surface area contributed by atoms with Gasteiger partial charge in [-0.05, 0) is 145 Å². The first kappa shape index (κ1) is 20.2. The topological polar surface area (TPSA) is 56.5 Å². The second-order valence-corrected chi connectivity index (χ2v) is 17.2. The van der Waals surface area contributed by atoms with Gasteiger partial charge >= 0.3 is 9.28 Å². The molecular weight excluding hydrogens is 424 g/mol. The molecule has 0 saturated heterocycles. The fraction of sp³-hybridized carbons (Fsp3) is 1.00. The summed E-state index contributed by atoms with van der Waals surface area (Å²) in [5.41, 5.74) is 10.5. The van der Waals surface area contributed by atoms with Crippen LogP contribution in [-0.2, 0) is 8.85 Å². The van der Waals surface area contributed by atoms with Crippen LogP contribution in [0.2, 0.25) is 6.04 Å². The lowest BCUT2D eigenvalue weighted by Crippen LogP contribution is -2.36. The minimum Gasteiger partial charge on any atom is -0.400 e. The van der Waals surface area contributed by atoms with Gasteiger partial charge in [0.15, 0.2) is 0 Å². The van der Waals surface area contributed by atoms with Gasteiger partial charge in [-0.2, -0.15) is 0 Å². The van der Waals surface area contributed by atoms with Crippen molar-refractivity contribution in [2.75, 3.05) is 33.4 Å². The van der Waals surface area contributed by atoms with Crippen molar-refractivity contribution >= 4 is 9.28 Å². The van der Waals surface area contributed by atoms with Gasteiger partial charge in [-0.3, -0.25) is 0 Å². The molecule has 182 valence electrons. The monoisotopic (exact) mass is 468 g/mol. The Morgan fingerprint density at radius 2 is 1.64 bits per heavy atom. The highest BCUT2D eigenvalue weighted by atomic mass is 28.3. The molecule has 0 heterocycles. The van der Waals surface area contributed by atoms with Crippen molar-refractivity contribution in [1.29, 1.82) is 0 Å². The van der Waals surface area contributed by atoms with E-state index in [2.05, 4.69) is 5.32 Å². The van der Waals surface area contributed by atoms with Gasteiger partial charge in [0.25, 0.3) is 0 Å². The third kappa shape index (κ3) is 2.19. The molecule has 5 heteroatoms. The largest absolute Gasteiger partial charge is 0.400 e. The average molecular weight is 469 g/mol. The first-order chi connectivity index (χ1) is 16.0. The van der Waals surface area contributed by atoms with Gasteiger partial charge < -0.3 is 19.9 Å². The van der Waals surface area contributed by atoms with E-state index in [0.29, 0.717) is 5.41 Å². The molecule has 9 fully saturated rings. The predicted octanol–water partition coefficient (Wildman–Crippen LogP) is 3.83. The maximum Gasteiger partial charge on any atom is 0.321 e. The van der Waals surface area contributed by atoms with E-state index >= 15 is 0 Å². The number of rotatable bonds is 10. The zero-order valence-electron chi connectivity index (χ0n) is 20.7. The minimum atomic E-state index is -1.53. The summed E-state index contributed by atoms with van der Waals surface area (Å²) in [6.45, 7) is 3.71. The smallest absolute Gasteiger partial charge is 0.321 e. The highest BCUT2D eigenvalue weighted by Gasteiger charge is 3.00. The predicted molar refractivity (Wildman–Crippen MR) is 130 cm³/mol. The molecule has 9 saturated carbocycles. The minimum absolute atomic E-state index is 0.683. The fourth-order valence-corrected chi connectivity index (χ4v) is 14.0. The van der Waals surface area contributed by atoms with Gasteiger partial charge in [0.2, 0.25) is 0 Å². The Labute approximate surface area is 201 Å². The van der Waals surface area contributed by atoms with Crippen LogP contribution in [0.4, 0.5) is 0 Å². The maximum absolute atomic E-state index is 6.67. The van der Waals surface area contributed by atoms with Gasteiger partial charge in [0.05, 0.1) is 0 Å². The van der Waals surface area contributed by atoms with Crippen molar-refractivity contribution in [2.45, 2.75) is 76.7 Å². The summed E-state index contributed by atoms with van der Waals surface area (Å²) in [7, 11) is 0.362. The molecular formula is C28H44N2O2Si. The van der Waals surface area contributed by atoms with Crippen LogP contribution in [0.25, 0.3) is 0 Å². The molecule has 0 aliphatic heterocycles. The molecule has 6 spiro atoms. The lowest BCUT2D eigenvalue weighted by Gasteiger charge is -2.40. The van der Waals surface area contributed by atoms with E-state index in [1.165, 1.54) is 24.7 Å². The van der Waals surface area contributed by atoms with Crippen molar-refractivity contribution in [3.63, 3.8) is 0 Å². The van der Waals surface area contributed by atoms with Crippen molar-refractivity contribution in [1.82, 2.24) is 5.32 Å². The van der Waals surface area contributed by atoms with Crippen LogP contribution in [0.5, 0.6) is 0 Å². The van der Waals surface area contributed by atoms with Gasteiger partial charge in [0, 0.05) is 26.8 Å². The molecule has 9 aliphatic rings. The quantitative estimate of drug-likeness (QED) is 0.378. The Kier molecular flexibility index (Phi) is 3.54. The van der Waals surface area contributed by atoms with Gasteiger partial charge in [-0.1, -0.05) is 0 Å². The molecule has 0 aromatic heterocycles. The molecule has 0 radical (unpaired) electrons. The standard InChI is InChI=1S/C28H44N2O2Si/c1-31-33(8-2-6-30-7-5-29)32-13-18-3-4-23-9-19(23)20-10-24(20)15-25(24)11-21(25)22-12-26(22)16-28(26)17-27(18,28)14-23/h18-22,30,33H,2-17,29H2,1H3. The Balaban J connectivity index is 0.928. The molecule has 9 aliphatic carbocycles. The Morgan fingerprint density at radius 3 is 2.45 bits per heavy atom. The van der Waals surface area contributed by atoms with Crippen LogP contribution >= 0.6 is 0 Å². The van der Waals surface area contributed by atoms with E-state index in [9.17, 15) is 0 Å². The van der Waals surface area contributed by atoms with Crippen molar-refractivity contribution in [3.8, 4) is 0 Å². The SMILES string of the molecule is CO[SiH](CCCNCCN)OCC1CCC23CC2C2CC24CC42CC2C2CC24CC42CC12C3. The van der Waals surface area contributed by atoms with Gasteiger partial charge in [0.1, 0.15) is 0 Å². The van der Waals surface area contributed by atoms with Crippen LogP contribution in [-0.4, -0.2) is 42.6 Å². The first-order valence-electron chi connectivity index (χ1n) is 14.6. The molecule has 33 heavy (non-hydrogen) atoms. The molecule has 0 aromatic rings. The van der Waals surface area contributed by atoms with Gasteiger partial charge in [-0.15, -0.1) is 0 Å². The van der Waals surface area contributed by atoms with E-state index in [1.54, 1.807) is 51.4 Å². The average Bonchev–Trinajstić information content (AvgIpc) is 3.61. The number of nitrogens with one attached hydrogen (secondary N) is 1. The normalized spacial score (nSPS) is 63.6. The van der Waals surface area contributed by atoms with Crippen LogP contribution in [0.3, 0.4) is 0 Å². The summed E-state index contributed by atoms with van der Waals surface area (Å²) in [5, 5.41) is 3.42. The van der Waals surface area contributed by atoms with Crippen molar-refractivity contribution in [3.05, 3.63) is 0 Å². The van der Waals surface area contributed by atoms with E-state index in [-0.39, 0.29) is 0 Å². The summed E-state index contributed by atoms with van der Waals surface area (Å²) < 4.78 is 12.6. The number of nitrogens with two attached hydrogens (primary N) is 1. The molecule has 9 rings (SSSR count). The van der Waals surface area contributed by atoms with E-state index in [4.69, 9.17) is 14.6 Å². The molecule has 3 N–H and O–H groups in total. The molecule has 12 unspecified atom stereocenters. The zero-order valence-corrected chi connectivity index (χ0v) is 21.8. The number of hydrogen-bond donors (Lipinski definition) is 2. The Morgan fingerprint density at radius 1 is 0.879 bits per heavy atom. The highest BCUT2D eigenvalue weighted by Crippen LogP contribution is 3.07. The summed E-state index contributed by atoms with van der Waals surface area (Å²) in [5.74, 6) is 5.49. The van der Waals surface area contributed by atoms with E-state index < -0.39 is 9.28 Å². The number of hydrogen-bond acceptors (Lipinski definition) is 4. The fourth-order valence-electron chi connectivity index (χ4n) is 12.5. The summed E-state index contributed by atoms with van der Waals surface area (Å²) in [6, 6.07) is 1.13. The van der Waals surface area contributed by atoms with E-state index in [0.717, 1.165) is 83.5 Å². The Hall–Kier alpha value is 0.0569. The first-order valence-corrected chi connectivity index (χ1v) is 16.4. The van der Waals surface area contributed by atoms with Gasteiger partial charge in [-0.25, -0.2) is 0 Å². The highest BCUT2D eigenvalue weighted by molar-refractivity contribution is 6.44. The molecule has 4 nitrogen and oxygen atoms in total. The molecule has 0 amide bonds. The Bertz CT molecular complexity index is 930. The second kappa shape index (κ2) is 5.79. The third-order valence-electron chi connectivity index (χ3n) is 14.3. The summed E-state index contributed by atoms with van der Waals surface area (Å²) in [6.07, 6.45) is 17.2. The molecule has 2 bridgehead atoms. The molecule has 12 atom stereocenters. The van der Waals surface area contributed by atoms with Crippen molar-refractivity contribution < 1.29 is 8.85 Å². The van der Waals surface area contributed by atoms with Crippen LogP contribution in [0.15, 0.2) is 0 Å². The summed E-state index contributed by atoms with van der Waals surface area (Å²) >= 11 is 0. The zero-order chi connectivity index (χ0) is 21.9. The second-order valence-electron chi connectivity index (χ2n) is 14.9. The maximum atomic E-state index is 6.67. The third-order valence-corrected chi connectivity index (χ3v) is 16.3. The van der Waals surface area contributed by atoms with E-state index in [1.807, 2.05) is 7.11 Å². The number of fused-ring (bicyclic) bond motifs is 2. The molecule has 0 aromatic carbocycles. The van der Waals surface area contributed by atoms with Crippen molar-refractivity contribution in [2.24, 2.45) is 67.8 Å². The summed E-state index contributed by atoms with van der Waals surface area (Å²) in [4.78, 5) is 0. The van der Waals surface area contributed by atoms with Crippen LogP contribution < -0.4 is 11.1 Å². The van der Waals surface area contributed by atoms with Crippen LogP contribution in [0.1, 0.15) is 70.6 Å². The van der Waals surface area contributed by atoms with Crippen LogP contribution in [0, 0.1) is 62.1 Å². The lowest BCUT2D eigenvalue weighted by atomic mass is 9.66.